The number of halogens is 1. The summed E-state index contributed by atoms with van der Waals surface area (Å²) >= 11 is 3.22. The number of nitrogens with zero attached hydrogens (tertiary/aromatic N) is 3. The molecule has 1 N–H and O–H groups in total. The predicted molar refractivity (Wildman–Crippen MR) is 129 cm³/mol. The number of hydrazone groups is 1. The lowest BCUT2D eigenvalue weighted by molar-refractivity contribution is -0.385. The van der Waals surface area contributed by atoms with Crippen LogP contribution in [0.4, 0.5) is 11.4 Å². The van der Waals surface area contributed by atoms with Crippen molar-refractivity contribution in [2.24, 2.45) is 28.8 Å². The number of allylic oxidation sites excluding steroid dienone is 2. The number of hydrogen-bond donors (Lipinski definition) is 1. The van der Waals surface area contributed by atoms with Gasteiger partial charge >= 0.3 is 5.69 Å². The van der Waals surface area contributed by atoms with E-state index >= 15 is 0 Å². The zero-order chi connectivity index (χ0) is 24.7. The average molecular weight is 539 g/mol. The molecule has 178 valence electrons. The number of fused-ring (bicyclic) bond motifs is 5. The monoisotopic (exact) mass is 538 g/mol. The second kappa shape index (κ2) is 9.06. The van der Waals surface area contributed by atoms with E-state index < -0.39 is 35.0 Å². The Morgan fingerprint density at radius 1 is 1.17 bits per heavy atom. The van der Waals surface area contributed by atoms with Crippen LogP contribution in [0.3, 0.4) is 0 Å². The number of nitrogens with one attached hydrogen (secondary N) is 1. The summed E-state index contributed by atoms with van der Waals surface area (Å²) in [7, 11) is 0. The third-order valence-corrected chi connectivity index (χ3v) is 6.88. The third kappa shape index (κ3) is 4.23. The lowest BCUT2D eigenvalue weighted by atomic mass is 9.85. The first-order valence-corrected chi connectivity index (χ1v) is 11.7. The molecule has 2 fully saturated rings. The minimum absolute atomic E-state index is 0.0376. The number of nitro benzene ring substituents is 1. The first-order chi connectivity index (χ1) is 16.8. The number of benzene rings is 2. The maximum atomic E-state index is 12.9. The summed E-state index contributed by atoms with van der Waals surface area (Å²) in [6.07, 6.45) is 5.93. The Morgan fingerprint density at radius 2 is 1.83 bits per heavy atom. The van der Waals surface area contributed by atoms with Crippen molar-refractivity contribution in [2.45, 2.75) is 6.42 Å². The number of para-hydroxylation sites is 1. The molecular formula is C24H19BrN4O6. The number of ether oxygens (including phenoxy) is 1. The van der Waals surface area contributed by atoms with Gasteiger partial charge in [0.25, 0.3) is 17.7 Å². The molecule has 4 atom stereocenters. The Morgan fingerprint density at radius 3 is 2.46 bits per heavy atom. The van der Waals surface area contributed by atoms with E-state index in [9.17, 15) is 24.5 Å². The van der Waals surface area contributed by atoms with Gasteiger partial charge in [-0.25, -0.2) is 0 Å². The van der Waals surface area contributed by atoms with Gasteiger partial charge in [-0.3, -0.25) is 24.5 Å². The number of carbonyl (C=O) groups excluding carboxylic acids is 3. The van der Waals surface area contributed by atoms with Gasteiger partial charge in [0.15, 0.2) is 6.61 Å². The lowest BCUT2D eigenvalue weighted by Gasteiger charge is -2.13. The normalized spacial score (nSPS) is 24.3. The summed E-state index contributed by atoms with van der Waals surface area (Å²) in [4.78, 5) is 49.1. The first-order valence-electron chi connectivity index (χ1n) is 10.9. The molecule has 2 aromatic rings. The largest absolute Gasteiger partial charge is 0.476 e. The fraction of sp³-hybridized carbons (Fsp3) is 0.250. The molecule has 2 bridgehead atoms. The van der Waals surface area contributed by atoms with Crippen LogP contribution in [0, 0.1) is 33.8 Å². The van der Waals surface area contributed by atoms with E-state index in [0.29, 0.717) is 10.2 Å². The summed E-state index contributed by atoms with van der Waals surface area (Å²) in [6, 6.07) is 11.4. The van der Waals surface area contributed by atoms with Crippen LogP contribution in [0.1, 0.15) is 12.0 Å². The minimum Gasteiger partial charge on any atom is -0.476 e. The van der Waals surface area contributed by atoms with E-state index in [1.807, 2.05) is 12.2 Å². The molecule has 1 aliphatic heterocycles. The third-order valence-electron chi connectivity index (χ3n) is 6.42. The van der Waals surface area contributed by atoms with Crippen molar-refractivity contribution in [3.63, 3.8) is 0 Å². The predicted octanol–water partition coefficient (Wildman–Crippen LogP) is 3.52. The molecule has 11 heteroatoms. The van der Waals surface area contributed by atoms with Crippen LogP contribution in [0.15, 0.2) is 64.2 Å². The summed E-state index contributed by atoms with van der Waals surface area (Å²) < 4.78 is 5.91. The molecule has 0 aromatic heterocycles. The van der Waals surface area contributed by atoms with Crippen molar-refractivity contribution >= 4 is 51.2 Å². The van der Waals surface area contributed by atoms with Crippen LogP contribution in [0.5, 0.6) is 5.75 Å². The van der Waals surface area contributed by atoms with Crippen molar-refractivity contribution < 1.29 is 24.0 Å². The topological polar surface area (TPSA) is 131 Å². The van der Waals surface area contributed by atoms with Crippen LogP contribution in [0.25, 0.3) is 0 Å². The van der Waals surface area contributed by atoms with E-state index in [1.54, 1.807) is 30.3 Å². The highest BCUT2D eigenvalue weighted by Gasteiger charge is 2.59. The van der Waals surface area contributed by atoms with Crippen molar-refractivity contribution in [1.29, 1.82) is 0 Å². The van der Waals surface area contributed by atoms with E-state index in [4.69, 9.17) is 4.74 Å². The smallest absolute Gasteiger partial charge is 0.312 e. The van der Waals surface area contributed by atoms with Crippen LogP contribution in [-0.4, -0.2) is 40.5 Å². The molecule has 10 nitrogen and oxygen atoms in total. The number of amides is 3. The Bertz CT molecular complexity index is 1260. The van der Waals surface area contributed by atoms with Gasteiger partial charge in [0, 0.05) is 21.8 Å². The molecule has 1 saturated carbocycles. The van der Waals surface area contributed by atoms with Gasteiger partial charge in [0.2, 0.25) is 5.75 Å². The van der Waals surface area contributed by atoms with Gasteiger partial charge in [0.1, 0.15) is 0 Å². The van der Waals surface area contributed by atoms with Gasteiger partial charge in [0.05, 0.1) is 23.0 Å². The summed E-state index contributed by atoms with van der Waals surface area (Å²) in [6.45, 7) is -0.501. The van der Waals surface area contributed by atoms with E-state index in [0.717, 1.165) is 11.4 Å². The molecule has 3 aliphatic rings. The molecular weight excluding hydrogens is 520 g/mol. The number of anilines is 1. The Balaban J connectivity index is 1.38. The van der Waals surface area contributed by atoms with Gasteiger partial charge in [-0.2, -0.15) is 10.1 Å². The Kier molecular flexibility index (Phi) is 5.93. The van der Waals surface area contributed by atoms with Gasteiger partial charge < -0.3 is 10.1 Å². The fourth-order valence-corrected chi connectivity index (χ4v) is 5.43. The zero-order valence-electron chi connectivity index (χ0n) is 18.2. The number of imide groups is 1. The lowest BCUT2D eigenvalue weighted by Crippen LogP contribution is -2.28. The molecule has 3 amide bonds. The van der Waals surface area contributed by atoms with Crippen LogP contribution >= 0.6 is 15.9 Å². The first kappa shape index (κ1) is 22.9. The van der Waals surface area contributed by atoms with Crippen molar-refractivity contribution in [3.05, 3.63) is 74.8 Å². The number of carbonyl (C=O) groups is 3. The molecule has 35 heavy (non-hydrogen) atoms. The molecule has 0 radical (unpaired) electrons. The van der Waals surface area contributed by atoms with Crippen molar-refractivity contribution in [2.75, 3.05) is 11.9 Å². The molecule has 5 rings (SSSR count). The van der Waals surface area contributed by atoms with Crippen LogP contribution < -0.4 is 10.1 Å². The quantitative estimate of drug-likeness (QED) is 0.188. The average Bonchev–Trinajstić information content (AvgIpc) is 3.51. The van der Waals surface area contributed by atoms with Gasteiger partial charge in [-0.1, -0.05) is 46.3 Å². The summed E-state index contributed by atoms with van der Waals surface area (Å²) in [5, 5.41) is 19.2. The second-order valence-electron chi connectivity index (χ2n) is 8.54. The van der Waals surface area contributed by atoms with Gasteiger partial charge in [-0.15, -0.1) is 0 Å². The highest BCUT2D eigenvalue weighted by molar-refractivity contribution is 9.10. The minimum atomic E-state index is -0.646. The summed E-state index contributed by atoms with van der Waals surface area (Å²) in [5.41, 5.74) is 0.289. The van der Waals surface area contributed by atoms with Gasteiger partial charge in [-0.05, 0) is 36.5 Å². The summed E-state index contributed by atoms with van der Waals surface area (Å²) in [5.74, 6) is -2.22. The van der Waals surface area contributed by atoms with Crippen LogP contribution in [0.2, 0.25) is 0 Å². The van der Waals surface area contributed by atoms with Crippen molar-refractivity contribution in [3.8, 4) is 5.75 Å². The van der Waals surface area contributed by atoms with Crippen molar-refractivity contribution in [1.82, 2.24) is 5.01 Å². The molecule has 0 unspecified atom stereocenters. The van der Waals surface area contributed by atoms with E-state index in [-0.39, 0.29) is 35.0 Å². The highest BCUT2D eigenvalue weighted by atomic mass is 79.9. The van der Waals surface area contributed by atoms with E-state index in [2.05, 4.69) is 26.3 Å². The molecule has 1 saturated heterocycles. The number of rotatable bonds is 7. The standard InChI is InChI=1S/C24H19BrN4O6/c25-16-9-15(11-26-28-23(31)20-13-6-7-14(8-13)21(20)24(28)32)22(18(10-16)29(33)34)35-12-19(30)27-17-4-2-1-3-5-17/h1-7,9-11,13-14,20-21H,8,12H2,(H,27,30)/t13-,14-,20-,21+/m0/s1. The molecule has 0 spiro atoms. The maximum absolute atomic E-state index is 12.9. The maximum Gasteiger partial charge on any atom is 0.312 e. The molecule has 2 aromatic carbocycles. The van der Waals surface area contributed by atoms with Crippen LogP contribution in [-0.2, 0) is 14.4 Å². The molecule has 1 heterocycles. The van der Waals surface area contributed by atoms with E-state index in [1.165, 1.54) is 18.3 Å². The highest BCUT2D eigenvalue weighted by Crippen LogP contribution is 2.52. The molecule has 2 aliphatic carbocycles. The SMILES string of the molecule is O=C(COc1c(C=NN2C(=O)[C@@H]3[C@H](C2=O)[C@H]2C=C[C@H]3C2)cc(Br)cc1[N+](=O)[O-])Nc1ccccc1. The second-order valence-corrected chi connectivity index (χ2v) is 9.45. The number of nitro groups is 1. The Labute approximate surface area is 207 Å². The zero-order valence-corrected chi connectivity index (χ0v) is 19.8. The Hall–Kier alpha value is -3.86. The number of hydrogen-bond acceptors (Lipinski definition) is 7. The fourth-order valence-electron chi connectivity index (χ4n) is 4.97.